The smallest absolute Gasteiger partial charge is 0.258 e. The number of hydrogen-bond acceptors (Lipinski definition) is 6. The van der Waals surface area contributed by atoms with Crippen LogP contribution in [0, 0.1) is 48.3 Å². The van der Waals surface area contributed by atoms with Gasteiger partial charge in [0.15, 0.2) is 0 Å². The van der Waals surface area contributed by atoms with Crippen molar-refractivity contribution in [1.29, 1.82) is 10.5 Å². The van der Waals surface area contributed by atoms with E-state index < -0.39 is 15.3 Å². The number of nitriles is 2. The van der Waals surface area contributed by atoms with Crippen molar-refractivity contribution in [3.05, 3.63) is 79.9 Å². The maximum absolute atomic E-state index is 10.7. The number of nitrogens with zero attached hydrogens (tertiary/aromatic N) is 4. The Labute approximate surface area is 155 Å². The molecule has 0 saturated carbocycles. The lowest BCUT2D eigenvalue weighted by Crippen LogP contribution is -2.18. The van der Waals surface area contributed by atoms with E-state index in [4.69, 9.17) is 0 Å². The lowest BCUT2D eigenvalue weighted by atomic mass is 9.80. The second kappa shape index (κ2) is 8.54. The molecule has 2 rings (SSSR count). The molecule has 0 fully saturated rings. The van der Waals surface area contributed by atoms with Crippen molar-refractivity contribution in [3.63, 3.8) is 0 Å². The minimum absolute atomic E-state index is 0.0104. The van der Waals surface area contributed by atoms with Crippen LogP contribution in [0.3, 0.4) is 0 Å². The van der Waals surface area contributed by atoms with Crippen LogP contribution < -0.4 is 0 Å². The third-order valence-corrected chi connectivity index (χ3v) is 4.40. The van der Waals surface area contributed by atoms with Gasteiger partial charge in [-0.05, 0) is 36.8 Å². The van der Waals surface area contributed by atoms with E-state index in [9.17, 15) is 30.8 Å². The van der Waals surface area contributed by atoms with E-state index in [1.54, 1.807) is 24.3 Å². The first-order chi connectivity index (χ1) is 12.9. The van der Waals surface area contributed by atoms with Gasteiger partial charge in [-0.3, -0.25) is 20.2 Å². The van der Waals surface area contributed by atoms with Gasteiger partial charge in [0.05, 0.1) is 22.0 Å². The van der Waals surface area contributed by atoms with Crippen molar-refractivity contribution in [3.8, 4) is 12.1 Å². The molecule has 0 aromatic heterocycles. The molecule has 0 radical (unpaired) electrons. The van der Waals surface area contributed by atoms with Crippen molar-refractivity contribution in [2.75, 3.05) is 0 Å². The van der Waals surface area contributed by atoms with Gasteiger partial charge in [0.1, 0.15) is 5.41 Å². The SMILES string of the molecule is N#CC(C#N)(CCc1ccc([N+](=O)[O-])cc1)CCc1ccc([N+](=O)[O-])cc1. The third kappa shape index (κ3) is 5.10. The fraction of sp³-hybridized carbons (Fsp3) is 0.263. The summed E-state index contributed by atoms with van der Waals surface area (Å²) in [5.74, 6) is 0. The Balaban J connectivity index is 2.02. The van der Waals surface area contributed by atoms with Crippen LogP contribution in [0.5, 0.6) is 0 Å². The molecule has 27 heavy (non-hydrogen) atoms. The number of hydrogen-bond donors (Lipinski definition) is 0. The molecule has 0 bridgehead atoms. The van der Waals surface area contributed by atoms with Gasteiger partial charge in [0, 0.05) is 24.3 Å². The van der Waals surface area contributed by atoms with Crippen LogP contribution in [0.2, 0.25) is 0 Å². The maximum Gasteiger partial charge on any atom is 0.269 e. The summed E-state index contributed by atoms with van der Waals surface area (Å²) in [5, 5.41) is 40.4. The molecule has 8 heteroatoms. The molecular formula is C19H16N4O4. The van der Waals surface area contributed by atoms with E-state index in [1.807, 2.05) is 0 Å². The summed E-state index contributed by atoms with van der Waals surface area (Å²) in [7, 11) is 0. The molecule has 0 spiro atoms. The van der Waals surface area contributed by atoms with E-state index in [0.717, 1.165) is 11.1 Å². The summed E-state index contributed by atoms with van der Waals surface area (Å²) in [6.07, 6.45) is 1.48. The van der Waals surface area contributed by atoms with Crippen molar-refractivity contribution >= 4 is 11.4 Å². The second-order valence-corrected chi connectivity index (χ2v) is 6.15. The standard InChI is InChI=1S/C19H16N4O4/c20-13-19(14-21,11-9-15-1-5-17(6-2-15)22(24)25)12-10-16-3-7-18(8-4-16)23(26)27/h1-8H,9-12H2. The van der Waals surface area contributed by atoms with Gasteiger partial charge in [0.25, 0.3) is 11.4 Å². The Morgan fingerprint density at radius 1 is 0.741 bits per heavy atom. The largest absolute Gasteiger partial charge is 0.269 e. The van der Waals surface area contributed by atoms with Crippen molar-refractivity contribution in [2.45, 2.75) is 25.7 Å². The topological polar surface area (TPSA) is 134 Å². The number of benzene rings is 2. The summed E-state index contributed by atoms with van der Waals surface area (Å²) in [6.45, 7) is 0. The van der Waals surface area contributed by atoms with Crippen molar-refractivity contribution < 1.29 is 9.85 Å². The molecule has 0 unspecified atom stereocenters. The summed E-state index contributed by atoms with van der Waals surface area (Å²) >= 11 is 0. The third-order valence-electron chi connectivity index (χ3n) is 4.40. The monoisotopic (exact) mass is 364 g/mol. The summed E-state index contributed by atoms with van der Waals surface area (Å²) in [5.41, 5.74) is 0.410. The number of non-ortho nitro benzene ring substituents is 2. The first-order valence-corrected chi connectivity index (χ1v) is 8.18. The molecule has 0 atom stereocenters. The zero-order valence-electron chi connectivity index (χ0n) is 14.4. The van der Waals surface area contributed by atoms with Gasteiger partial charge in [-0.15, -0.1) is 0 Å². The molecule has 0 aliphatic heterocycles. The predicted molar refractivity (Wildman–Crippen MR) is 96.5 cm³/mol. The zero-order chi connectivity index (χ0) is 19.9. The van der Waals surface area contributed by atoms with Gasteiger partial charge in [-0.25, -0.2) is 0 Å². The molecule has 0 aliphatic rings. The first-order valence-electron chi connectivity index (χ1n) is 8.18. The molecular weight excluding hydrogens is 348 g/mol. The van der Waals surface area contributed by atoms with E-state index in [2.05, 4.69) is 12.1 Å². The van der Waals surface area contributed by atoms with Crippen molar-refractivity contribution in [2.24, 2.45) is 5.41 Å². The minimum atomic E-state index is -1.19. The highest BCUT2D eigenvalue weighted by molar-refractivity contribution is 5.34. The Hall–Kier alpha value is -3.78. The van der Waals surface area contributed by atoms with E-state index in [-0.39, 0.29) is 11.4 Å². The Bertz CT molecular complexity index is 831. The van der Waals surface area contributed by atoms with Crippen LogP contribution in [0.15, 0.2) is 48.5 Å². The van der Waals surface area contributed by atoms with Gasteiger partial charge >= 0.3 is 0 Å². The van der Waals surface area contributed by atoms with Crippen LogP contribution >= 0.6 is 0 Å². The van der Waals surface area contributed by atoms with E-state index in [1.165, 1.54) is 24.3 Å². The van der Waals surface area contributed by atoms with Gasteiger partial charge in [0.2, 0.25) is 0 Å². The van der Waals surface area contributed by atoms with Crippen LogP contribution in [0.25, 0.3) is 0 Å². The highest BCUT2D eigenvalue weighted by Crippen LogP contribution is 2.29. The zero-order valence-corrected chi connectivity index (χ0v) is 14.4. The van der Waals surface area contributed by atoms with Crippen LogP contribution in [0.1, 0.15) is 24.0 Å². The van der Waals surface area contributed by atoms with Gasteiger partial charge < -0.3 is 0 Å². The molecule has 2 aromatic rings. The molecule has 136 valence electrons. The van der Waals surface area contributed by atoms with E-state index >= 15 is 0 Å². The molecule has 0 saturated heterocycles. The summed E-state index contributed by atoms with van der Waals surface area (Å²) < 4.78 is 0. The average molecular weight is 364 g/mol. The van der Waals surface area contributed by atoms with Crippen LogP contribution in [-0.4, -0.2) is 9.85 Å². The first kappa shape index (κ1) is 19.5. The van der Waals surface area contributed by atoms with E-state index in [0.29, 0.717) is 25.7 Å². The Morgan fingerprint density at radius 3 is 1.33 bits per heavy atom. The molecule has 0 heterocycles. The minimum Gasteiger partial charge on any atom is -0.258 e. The number of rotatable bonds is 8. The van der Waals surface area contributed by atoms with Crippen molar-refractivity contribution in [1.82, 2.24) is 0 Å². The summed E-state index contributed by atoms with van der Waals surface area (Å²) in [6, 6.07) is 16.2. The molecule has 8 nitrogen and oxygen atoms in total. The summed E-state index contributed by atoms with van der Waals surface area (Å²) in [4.78, 5) is 20.4. The van der Waals surface area contributed by atoms with Crippen LogP contribution in [0.4, 0.5) is 11.4 Å². The quantitative estimate of drug-likeness (QED) is 0.511. The molecule has 0 N–H and O–H groups in total. The predicted octanol–water partition coefficient (Wildman–Crippen LogP) is 4.10. The fourth-order valence-electron chi connectivity index (χ4n) is 2.66. The highest BCUT2D eigenvalue weighted by atomic mass is 16.6. The highest BCUT2D eigenvalue weighted by Gasteiger charge is 2.29. The molecule has 0 aliphatic carbocycles. The lowest BCUT2D eigenvalue weighted by molar-refractivity contribution is -0.385. The average Bonchev–Trinajstić information content (AvgIpc) is 2.69. The molecule has 2 aromatic carbocycles. The number of nitro benzene ring substituents is 2. The van der Waals surface area contributed by atoms with Gasteiger partial charge in [-0.2, -0.15) is 10.5 Å². The second-order valence-electron chi connectivity index (χ2n) is 6.15. The normalized spacial score (nSPS) is 10.6. The number of nitro groups is 2. The fourth-order valence-corrected chi connectivity index (χ4v) is 2.66. The lowest BCUT2D eigenvalue weighted by Gasteiger charge is -2.18. The Morgan fingerprint density at radius 2 is 1.07 bits per heavy atom. The molecule has 0 amide bonds. The number of aryl methyl sites for hydroxylation is 2. The van der Waals surface area contributed by atoms with Gasteiger partial charge in [-0.1, -0.05) is 24.3 Å². The maximum atomic E-state index is 10.7. The Kier molecular flexibility index (Phi) is 6.18. The van der Waals surface area contributed by atoms with Crippen LogP contribution in [-0.2, 0) is 12.8 Å².